The molecule has 0 spiro atoms. The zero-order chi connectivity index (χ0) is 20.9. The molecule has 4 rings (SSSR count). The van der Waals surface area contributed by atoms with Gasteiger partial charge in [0.25, 0.3) is 5.91 Å². The first-order valence-corrected chi connectivity index (χ1v) is 9.88. The molecule has 1 amide bonds. The number of halogens is 1. The van der Waals surface area contributed by atoms with Gasteiger partial charge in [-0.2, -0.15) is 5.26 Å². The molecule has 1 aliphatic rings. The summed E-state index contributed by atoms with van der Waals surface area (Å²) in [6, 6.07) is 9.88. The van der Waals surface area contributed by atoms with Crippen molar-refractivity contribution in [2.45, 2.75) is 25.0 Å². The Balaban J connectivity index is 1.45. The highest BCUT2D eigenvalue weighted by Gasteiger charge is 2.24. The fourth-order valence-corrected chi connectivity index (χ4v) is 3.48. The summed E-state index contributed by atoms with van der Waals surface area (Å²) in [6.07, 6.45) is 5.68. The van der Waals surface area contributed by atoms with Crippen molar-refractivity contribution in [1.29, 1.82) is 5.26 Å². The van der Waals surface area contributed by atoms with Crippen LogP contribution in [0.4, 0.5) is 4.39 Å². The van der Waals surface area contributed by atoms with Crippen molar-refractivity contribution in [2.75, 3.05) is 19.7 Å². The van der Waals surface area contributed by atoms with Crippen LogP contribution in [-0.2, 0) is 16.0 Å². The quantitative estimate of drug-likeness (QED) is 0.676. The number of fused-ring (bicyclic) bond motifs is 1. The van der Waals surface area contributed by atoms with E-state index in [-0.39, 0.29) is 12.3 Å². The number of carbonyl (C=O) groups excluding carboxylic acids is 1. The first-order valence-electron chi connectivity index (χ1n) is 9.88. The molecule has 1 aliphatic heterocycles. The lowest BCUT2D eigenvalue weighted by Crippen LogP contribution is -2.46. The second kappa shape index (κ2) is 9.03. The van der Waals surface area contributed by atoms with E-state index in [1.807, 2.05) is 41.1 Å². The van der Waals surface area contributed by atoms with Gasteiger partial charge >= 0.3 is 0 Å². The Hall–Kier alpha value is -3.28. The van der Waals surface area contributed by atoms with Crippen LogP contribution in [-0.4, -0.2) is 47.1 Å². The number of nitrogens with one attached hydrogen (secondary N) is 2. The summed E-state index contributed by atoms with van der Waals surface area (Å²) >= 11 is 0. The van der Waals surface area contributed by atoms with E-state index >= 15 is 0 Å². The first kappa shape index (κ1) is 20.0. The van der Waals surface area contributed by atoms with Gasteiger partial charge in [0.1, 0.15) is 23.6 Å². The van der Waals surface area contributed by atoms with Crippen molar-refractivity contribution >= 4 is 11.6 Å². The molecule has 154 valence electrons. The molecule has 1 fully saturated rings. The minimum atomic E-state index is -0.842. The van der Waals surface area contributed by atoms with Gasteiger partial charge in [-0.25, -0.2) is 9.37 Å². The minimum Gasteiger partial charge on any atom is -0.367 e. The molecule has 2 aromatic heterocycles. The summed E-state index contributed by atoms with van der Waals surface area (Å²) in [4.78, 5) is 16.6. The van der Waals surface area contributed by atoms with Gasteiger partial charge in [0.05, 0.1) is 6.07 Å². The molecule has 2 atom stereocenters. The second-order valence-electron chi connectivity index (χ2n) is 7.23. The molecule has 1 aromatic carbocycles. The zero-order valence-corrected chi connectivity index (χ0v) is 16.3. The number of nitrogens with zero attached hydrogens (tertiary/aromatic N) is 3. The van der Waals surface area contributed by atoms with Crippen molar-refractivity contribution in [1.82, 2.24) is 20.0 Å². The molecule has 1 saturated heterocycles. The molecular formula is C22H22FN5O2. The second-order valence-corrected chi connectivity index (χ2v) is 7.23. The third-order valence-electron chi connectivity index (χ3n) is 5.12. The van der Waals surface area contributed by atoms with Gasteiger partial charge in [0.2, 0.25) is 0 Å². The molecule has 0 bridgehead atoms. The van der Waals surface area contributed by atoms with Gasteiger partial charge in [-0.15, -0.1) is 0 Å². The normalized spacial score (nSPS) is 17.8. The Bertz CT molecular complexity index is 1080. The maximum absolute atomic E-state index is 14.8. The lowest BCUT2D eigenvalue weighted by Gasteiger charge is -2.18. The summed E-state index contributed by atoms with van der Waals surface area (Å²) in [5.41, 5.74) is 2.71. The van der Waals surface area contributed by atoms with Crippen molar-refractivity contribution < 1.29 is 13.9 Å². The van der Waals surface area contributed by atoms with E-state index < -0.39 is 18.0 Å². The summed E-state index contributed by atoms with van der Waals surface area (Å²) < 4.78 is 22.1. The average Bonchev–Trinajstić information content (AvgIpc) is 3.05. The summed E-state index contributed by atoms with van der Waals surface area (Å²) in [5.74, 6) is -0.779. The van der Waals surface area contributed by atoms with E-state index in [0.29, 0.717) is 18.7 Å². The number of ether oxygens (including phenoxy) is 1. The molecule has 3 aromatic rings. The molecule has 3 heterocycles. The van der Waals surface area contributed by atoms with Crippen molar-refractivity contribution in [3.05, 3.63) is 60.3 Å². The van der Waals surface area contributed by atoms with Crippen LogP contribution in [0.1, 0.15) is 12.0 Å². The number of amides is 1. The third-order valence-corrected chi connectivity index (χ3v) is 5.12. The van der Waals surface area contributed by atoms with Crippen molar-refractivity contribution in [2.24, 2.45) is 0 Å². The number of pyridine rings is 1. The molecule has 2 N–H and O–H groups in total. The maximum atomic E-state index is 14.8. The highest BCUT2D eigenvalue weighted by molar-refractivity contribution is 5.81. The van der Waals surface area contributed by atoms with Crippen LogP contribution < -0.4 is 10.6 Å². The van der Waals surface area contributed by atoms with Gasteiger partial charge in [0.15, 0.2) is 0 Å². The van der Waals surface area contributed by atoms with Crippen LogP contribution in [0.25, 0.3) is 16.8 Å². The molecular weight excluding hydrogens is 385 g/mol. The number of nitriles is 1. The highest BCUT2D eigenvalue weighted by Crippen LogP contribution is 2.23. The van der Waals surface area contributed by atoms with Crippen molar-refractivity contribution in [3.8, 4) is 17.2 Å². The molecule has 0 saturated carbocycles. The monoisotopic (exact) mass is 407 g/mol. The highest BCUT2D eigenvalue weighted by atomic mass is 19.1. The van der Waals surface area contributed by atoms with Gasteiger partial charge in [0, 0.05) is 38.2 Å². The number of carbonyl (C=O) groups is 1. The lowest BCUT2D eigenvalue weighted by atomic mass is 10.0. The third kappa shape index (κ3) is 4.48. The molecule has 0 unspecified atom stereocenters. The molecule has 30 heavy (non-hydrogen) atoms. The first-order chi connectivity index (χ1) is 14.6. The van der Waals surface area contributed by atoms with E-state index in [1.54, 1.807) is 12.3 Å². The van der Waals surface area contributed by atoms with Crippen LogP contribution in [0.5, 0.6) is 0 Å². The average molecular weight is 407 g/mol. The van der Waals surface area contributed by atoms with E-state index in [9.17, 15) is 14.4 Å². The summed E-state index contributed by atoms with van der Waals surface area (Å²) in [7, 11) is 0. The van der Waals surface area contributed by atoms with Crippen LogP contribution in [0, 0.1) is 17.1 Å². The Labute approximate surface area is 173 Å². The Morgan fingerprint density at radius 2 is 2.23 bits per heavy atom. The van der Waals surface area contributed by atoms with Crippen LogP contribution in [0.2, 0.25) is 0 Å². The maximum Gasteiger partial charge on any atom is 0.251 e. The Morgan fingerprint density at radius 1 is 1.37 bits per heavy atom. The Morgan fingerprint density at radius 3 is 3.07 bits per heavy atom. The van der Waals surface area contributed by atoms with E-state index in [2.05, 4.69) is 15.6 Å². The van der Waals surface area contributed by atoms with E-state index in [4.69, 9.17) is 4.74 Å². The fourth-order valence-electron chi connectivity index (χ4n) is 3.48. The zero-order valence-electron chi connectivity index (χ0n) is 16.3. The smallest absolute Gasteiger partial charge is 0.251 e. The van der Waals surface area contributed by atoms with Gasteiger partial charge < -0.3 is 19.8 Å². The number of aromatic nitrogens is 2. The number of benzene rings is 1. The Kier molecular flexibility index (Phi) is 6.02. The summed E-state index contributed by atoms with van der Waals surface area (Å²) in [6.45, 7) is 1.67. The van der Waals surface area contributed by atoms with E-state index in [1.165, 1.54) is 6.07 Å². The van der Waals surface area contributed by atoms with Gasteiger partial charge in [-0.1, -0.05) is 12.1 Å². The van der Waals surface area contributed by atoms with Crippen molar-refractivity contribution in [3.63, 3.8) is 0 Å². The minimum absolute atomic E-state index is 0.0772. The number of imidazole rings is 1. The fraction of sp³-hybridized carbons (Fsp3) is 0.318. The van der Waals surface area contributed by atoms with Gasteiger partial charge in [-0.3, -0.25) is 4.79 Å². The number of hydrogen-bond acceptors (Lipinski definition) is 5. The number of rotatable bonds is 5. The van der Waals surface area contributed by atoms with Crippen LogP contribution >= 0.6 is 0 Å². The molecule has 8 heteroatoms. The van der Waals surface area contributed by atoms with Crippen LogP contribution in [0.3, 0.4) is 0 Å². The molecule has 7 nitrogen and oxygen atoms in total. The topological polar surface area (TPSA) is 91.5 Å². The van der Waals surface area contributed by atoms with Gasteiger partial charge in [-0.05, 0) is 47.9 Å². The predicted octanol–water partition coefficient (Wildman–Crippen LogP) is 2.07. The largest absolute Gasteiger partial charge is 0.367 e. The lowest BCUT2D eigenvalue weighted by molar-refractivity contribution is -0.132. The van der Waals surface area contributed by atoms with Crippen LogP contribution in [0.15, 0.2) is 48.9 Å². The predicted molar refractivity (Wildman–Crippen MR) is 109 cm³/mol. The number of hydrogen-bond donors (Lipinski definition) is 2. The SMILES string of the molecule is N#C[C@@H](Cc1ccc(-c2ccn3ccnc3c2)cc1F)NC(=O)[C@@H]1CNCCCO1. The molecule has 0 radical (unpaired) electrons. The molecule has 0 aliphatic carbocycles. The van der Waals surface area contributed by atoms with E-state index in [0.717, 1.165) is 29.7 Å². The standard InChI is InChI=1S/C22H22FN5O2/c23-19-11-15(16-4-7-28-8-6-26-21(28)12-16)2-3-17(19)10-18(13-24)27-22(29)20-14-25-5-1-9-30-20/h2-4,6-8,11-12,18,20,25H,1,5,9-10,14H2,(H,27,29)/t18-,20+/m1/s1. The summed E-state index contributed by atoms with van der Waals surface area (Å²) in [5, 5.41) is 15.2.